The van der Waals surface area contributed by atoms with Gasteiger partial charge in [-0.2, -0.15) is 0 Å². The molecule has 20 heavy (non-hydrogen) atoms. The van der Waals surface area contributed by atoms with Crippen molar-refractivity contribution in [1.82, 2.24) is 10.2 Å². The van der Waals surface area contributed by atoms with Crippen molar-refractivity contribution in [3.63, 3.8) is 0 Å². The first-order valence-electron chi connectivity index (χ1n) is 7.51. The Kier molecular flexibility index (Phi) is 3.82. The third-order valence-corrected chi connectivity index (χ3v) is 4.65. The zero-order valence-electron chi connectivity index (χ0n) is 12.7. The molecule has 0 aromatic carbocycles. The molecule has 1 spiro atoms. The highest BCUT2D eigenvalue weighted by atomic mass is 16.2. The molecule has 1 aliphatic carbocycles. The van der Waals surface area contributed by atoms with Gasteiger partial charge in [-0.05, 0) is 33.1 Å². The first-order valence-corrected chi connectivity index (χ1v) is 7.51. The first kappa shape index (κ1) is 14.9. The minimum Gasteiger partial charge on any atom is -0.340 e. The highest BCUT2D eigenvalue weighted by molar-refractivity contribution is 6.00. The second kappa shape index (κ2) is 5.12. The molecule has 4 heteroatoms. The smallest absolute Gasteiger partial charge is 0.250 e. The van der Waals surface area contributed by atoms with Crippen molar-refractivity contribution >= 4 is 11.8 Å². The van der Waals surface area contributed by atoms with Gasteiger partial charge >= 0.3 is 0 Å². The summed E-state index contributed by atoms with van der Waals surface area (Å²) in [6.45, 7) is 5.58. The van der Waals surface area contributed by atoms with Crippen LogP contribution in [0.1, 0.15) is 59.3 Å². The van der Waals surface area contributed by atoms with E-state index in [1.807, 2.05) is 20.8 Å². The van der Waals surface area contributed by atoms with Crippen molar-refractivity contribution in [3.8, 4) is 12.3 Å². The number of terminal acetylenes is 1. The van der Waals surface area contributed by atoms with Crippen molar-refractivity contribution in [2.45, 2.75) is 76.4 Å². The van der Waals surface area contributed by atoms with E-state index in [1.54, 1.807) is 4.90 Å². The SMILES string of the molecule is C#CC(C)(C)N1C(=O)C2(CCCCC2)NC(=O)C1CC. The standard InChI is InChI=1S/C16H24N2O2/c1-5-12-13(19)17-16(10-8-7-9-11-16)14(20)18(12)15(3,4)6-2/h2,12H,5,7-11H2,1,3-4H3,(H,17,19). The summed E-state index contributed by atoms with van der Waals surface area (Å²) in [5, 5.41) is 3.01. The number of carbonyl (C=O) groups excluding carboxylic acids is 2. The molecule has 1 saturated carbocycles. The minimum absolute atomic E-state index is 0.00611. The summed E-state index contributed by atoms with van der Waals surface area (Å²) in [7, 11) is 0. The van der Waals surface area contributed by atoms with Gasteiger partial charge in [0.25, 0.3) is 0 Å². The number of amides is 2. The van der Waals surface area contributed by atoms with Crippen molar-refractivity contribution in [2.24, 2.45) is 0 Å². The van der Waals surface area contributed by atoms with Crippen LogP contribution in [0, 0.1) is 12.3 Å². The number of piperazine rings is 1. The van der Waals surface area contributed by atoms with Crippen LogP contribution in [0.2, 0.25) is 0 Å². The van der Waals surface area contributed by atoms with E-state index in [1.165, 1.54) is 0 Å². The largest absolute Gasteiger partial charge is 0.340 e. The molecule has 1 unspecified atom stereocenters. The minimum atomic E-state index is -0.736. The Morgan fingerprint density at radius 1 is 1.35 bits per heavy atom. The maximum absolute atomic E-state index is 13.0. The van der Waals surface area contributed by atoms with Crippen LogP contribution in [-0.4, -0.2) is 33.8 Å². The van der Waals surface area contributed by atoms with Crippen LogP contribution < -0.4 is 5.32 Å². The molecule has 1 N–H and O–H groups in total. The third-order valence-electron chi connectivity index (χ3n) is 4.65. The maximum atomic E-state index is 13.0. The number of nitrogens with zero attached hydrogens (tertiary/aromatic N) is 1. The van der Waals surface area contributed by atoms with Gasteiger partial charge < -0.3 is 10.2 Å². The molecule has 110 valence electrons. The Morgan fingerprint density at radius 2 is 1.95 bits per heavy atom. The van der Waals surface area contributed by atoms with Gasteiger partial charge in [-0.3, -0.25) is 9.59 Å². The Morgan fingerprint density at radius 3 is 2.45 bits per heavy atom. The van der Waals surface area contributed by atoms with E-state index < -0.39 is 17.1 Å². The molecule has 2 fully saturated rings. The molecule has 4 nitrogen and oxygen atoms in total. The lowest BCUT2D eigenvalue weighted by Crippen LogP contribution is -2.74. The van der Waals surface area contributed by atoms with Crippen LogP contribution in [0.4, 0.5) is 0 Å². The van der Waals surface area contributed by atoms with E-state index in [0.29, 0.717) is 6.42 Å². The van der Waals surface area contributed by atoms with Gasteiger partial charge in [0.15, 0.2) is 0 Å². The van der Waals surface area contributed by atoms with Crippen LogP contribution >= 0.6 is 0 Å². The molecule has 0 aromatic rings. The fourth-order valence-corrected chi connectivity index (χ4v) is 3.44. The highest BCUT2D eigenvalue weighted by Crippen LogP contribution is 2.36. The number of hydrogen-bond donors (Lipinski definition) is 1. The highest BCUT2D eigenvalue weighted by Gasteiger charge is 2.53. The normalized spacial score (nSPS) is 26.3. The van der Waals surface area contributed by atoms with E-state index in [9.17, 15) is 9.59 Å². The molecule has 0 aromatic heterocycles. The number of carbonyl (C=O) groups is 2. The van der Waals surface area contributed by atoms with Crippen molar-refractivity contribution in [2.75, 3.05) is 0 Å². The maximum Gasteiger partial charge on any atom is 0.250 e. The van der Waals surface area contributed by atoms with E-state index >= 15 is 0 Å². The molecular formula is C16H24N2O2. The Labute approximate surface area is 121 Å². The number of nitrogens with one attached hydrogen (secondary N) is 1. The summed E-state index contributed by atoms with van der Waals surface area (Å²) in [5.41, 5.74) is -1.45. The van der Waals surface area contributed by atoms with Gasteiger partial charge in [0.2, 0.25) is 11.8 Å². The molecule has 1 saturated heterocycles. The first-order chi connectivity index (χ1) is 9.38. The lowest BCUT2D eigenvalue weighted by molar-refractivity contribution is -0.161. The van der Waals surface area contributed by atoms with Crippen molar-refractivity contribution in [3.05, 3.63) is 0 Å². The molecule has 1 aliphatic heterocycles. The molecule has 0 bridgehead atoms. The summed E-state index contributed by atoms with van der Waals surface area (Å²) >= 11 is 0. The molecular weight excluding hydrogens is 252 g/mol. The topological polar surface area (TPSA) is 49.4 Å². The predicted octanol–water partition coefficient (Wildman–Crippen LogP) is 1.84. The summed E-state index contributed by atoms with van der Waals surface area (Å²) in [4.78, 5) is 27.1. The lowest BCUT2D eigenvalue weighted by atomic mass is 9.77. The van der Waals surface area contributed by atoms with Gasteiger partial charge in [-0.15, -0.1) is 6.42 Å². The Hall–Kier alpha value is -1.50. The van der Waals surface area contributed by atoms with E-state index in [0.717, 1.165) is 32.1 Å². The molecule has 2 rings (SSSR count). The molecule has 2 amide bonds. The zero-order chi connectivity index (χ0) is 15.0. The molecule has 1 heterocycles. The average molecular weight is 276 g/mol. The summed E-state index contributed by atoms with van der Waals surface area (Å²) in [6.07, 6.45) is 10.7. The number of hydrogen-bond acceptors (Lipinski definition) is 2. The van der Waals surface area contributed by atoms with E-state index in [-0.39, 0.29) is 11.8 Å². The molecule has 2 aliphatic rings. The fraction of sp³-hybridized carbons (Fsp3) is 0.750. The predicted molar refractivity (Wildman–Crippen MR) is 77.8 cm³/mol. The van der Waals surface area contributed by atoms with Crippen LogP contribution in [0.3, 0.4) is 0 Å². The van der Waals surface area contributed by atoms with Gasteiger partial charge in [-0.25, -0.2) is 0 Å². The van der Waals surface area contributed by atoms with Crippen LogP contribution in [0.25, 0.3) is 0 Å². The quantitative estimate of drug-likeness (QED) is 0.782. The number of rotatable bonds is 2. The third kappa shape index (κ3) is 2.19. The average Bonchev–Trinajstić information content (AvgIpc) is 2.43. The van der Waals surface area contributed by atoms with Crippen molar-refractivity contribution in [1.29, 1.82) is 0 Å². The summed E-state index contributed by atoms with van der Waals surface area (Å²) in [5.74, 6) is 2.62. The second-order valence-corrected chi connectivity index (χ2v) is 6.43. The van der Waals surface area contributed by atoms with Gasteiger partial charge in [0, 0.05) is 0 Å². The Balaban J connectivity index is 2.42. The lowest BCUT2D eigenvalue weighted by Gasteiger charge is -2.51. The monoisotopic (exact) mass is 276 g/mol. The van der Waals surface area contributed by atoms with Gasteiger partial charge in [0.1, 0.15) is 11.6 Å². The zero-order valence-corrected chi connectivity index (χ0v) is 12.7. The summed E-state index contributed by atoms with van der Waals surface area (Å²) in [6, 6.07) is -0.457. The Bertz CT molecular complexity index is 456. The van der Waals surface area contributed by atoms with E-state index in [2.05, 4.69) is 11.2 Å². The second-order valence-electron chi connectivity index (χ2n) is 6.43. The van der Waals surface area contributed by atoms with Crippen LogP contribution in [-0.2, 0) is 9.59 Å². The van der Waals surface area contributed by atoms with Crippen LogP contribution in [0.15, 0.2) is 0 Å². The van der Waals surface area contributed by atoms with Crippen LogP contribution in [0.5, 0.6) is 0 Å². The fourth-order valence-electron chi connectivity index (χ4n) is 3.44. The summed E-state index contributed by atoms with van der Waals surface area (Å²) < 4.78 is 0. The molecule has 1 atom stereocenters. The van der Waals surface area contributed by atoms with Gasteiger partial charge in [-0.1, -0.05) is 32.1 Å². The van der Waals surface area contributed by atoms with Gasteiger partial charge in [0.05, 0.1) is 5.54 Å². The van der Waals surface area contributed by atoms with E-state index in [4.69, 9.17) is 6.42 Å². The van der Waals surface area contributed by atoms with Crippen molar-refractivity contribution < 1.29 is 9.59 Å². The molecule has 0 radical (unpaired) electrons.